The van der Waals surface area contributed by atoms with Gasteiger partial charge in [-0.15, -0.1) is 0 Å². The Labute approximate surface area is 124 Å². The van der Waals surface area contributed by atoms with E-state index in [1.807, 2.05) is 0 Å². The van der Waals surface area contributed by atoms with Gasteiger partial charge in [-0.1, -0.05) is 26.7 Å². The fraction of sp³-hybridized carbons (Fsp3) is 1.00. The normalized spacial score (nSPS) is 40.8. The summed E-state index contributed by atoms with van der Waals surface area (Å²) in [5.41, 5.74) is 0. The highest BCUT2D eigenvalue weighted by molar-refractivity contribution is 4.96. The number of rotatable bonds is 3. The third-order valence-corrected chi connectivity index (χ3v) is 6.48. The van der Waals surface area contributed by atoms with Crippen LogP contribution in [0.1, 0.15) is 71.6 Å². The summed E-state index contributed by atoms with van der Waals surface area (Å²) in [6, 6.07) is 1.26. The van der Waals surface area contributed by atoms with Crippen molar-refractivity contribution in [3.05, 3.63) is 0 Å². The molecule has 3 rings (SSSR count). The molecular formula is C18H33NO. The standard InChI is InChI=1S/C18H33NO/c1-13(2)15-9-10-18(20)17(12-15)19-11-5-8-16(19)14-6-3-4-7-14/h13-18,20H,3-12H2,1-2H3. The van der Waals surface area contributed by atoms with Crippen molar-refractivity contribution < 1.29 is 5.11 Å². The molecule has 2 nitrogen and oxygen atoms in total. The summed E-state index contributed by atoms with van der Waals surface area (Å²) >= 11 is 0. The van der Waals surface area contributed by atoms with Gasteiger partial charge >= 0.3 is 0 Å². The lowest BCUT2D eigenvalue weighted by Gasteiger charge is -2.44. The highest BCUT2D eigenvalue weighted by Crippen LogP contribution is 2.40. The van der Waals surface area contributed by atoms with Crippen molar-refractivity contribution in [2.24, 2.45) is 17.8 Å². The molecule has 1 N–H and O–H groups in total. The highest BCUT2D eigenvalue weighted by Gasteiger charge is 2.41. The summed E-state index contributed by atoms with van der Waals surface area (Å²) in [6.07, 6.45) is 12.0. The van der Waals surface area contributed by atoms with E-state index < -0.39 is 0 Å². The lowest BCUT2D eigenvalue weighted by atomic mass is 9.77. The van der Waals surface area contributed by atoms with E-state index in [1.165, 1.54) is 57.9 Å². The van der Waals surface area contributed by atoms with E-state index in [2.05, 4.69) is 18.7 Å². The van der Waals surface area contributed by atoms with Gasteiger partial charge in [-0.25, -0.2) is 0 Å². The summed E-state index contributed by atoms with van der Waals surface area (Å²) in [5.74, 6) is 2.54. The van der Waals surface area contributed by atoms with Crippen molar-refractivity contribution in [1.82, 2.24) is 4.90 Å². The molecule has 3 fully saturated rings. The van der Waals surface area contributed by atoms with Crippen LogP contribution in [0.2, 0.25) is 0 Å². The minimum absolute atomic E-state index is 0.0630. The number of hydrogen-bond acceptors (Lipinski definition) is 2. The van der Waals surface area contributed by atoms with E-state index in [0.717, 1.165) is 30.2 Å². The molecule has 1 heterocycles. The summed E-state index contributed by atoms with van der Waals surface area (Å²) in [4.78, 5) is 2.75. The Morgan fingerprint density at radius 1 is 0.900 bits per heavy atom. The Kier molecular flexibility index (Phi) is 4.72. The van der Waals surface area contributed by atoms with Crippen LogP contribution in [0.3, 0.4) is 0 Å². The topological polar surface area (TPSA) is 23.5 Å². The van der Waals surface area contributed by atoms with Gasteiger partial charge in [-0.2, -0.15) is 0 Å². The van der Waals surface area contributed by atoms with Crippen molar-refractivity contribution in [3.63, 3.8) is 0 Å². The fourth-order valence-corrected chi connectivity index (χ4v) is 5.20. The fourth-order valence-electron chi connectivity index (χ4n) is 5.20. The molecule has 0 aromatic heterocycles. The maximum absolute atomic E-state index is 10.5. The third kappa shape index (κ3) is 2.92. The van der Waals surface area contributed by atoms with Crippen molar-refractivity contribution >= 4 is 0 Å². The van der Waals surface area contributed by atoms with Gasteiger partial charge in [0.05, 0.1) is 6.10 Å². The first-order valence-electron chi connectivity index (χ1n) is 9.10. The van der Waals surface area contributed by atoms with Gasteiger partial charge in [0.15, 0.2) is 0 Å². The molecule has 4 unspecified atom stereocenters. The number of nitrogens with zero attached hydrogens (tertiary/aromatic N) is 1. The first-order chi connectivity index (χ1) is 9.66. The summed E-state index contributed by atoms with van der Waals surface area (Å²) in [7, 11) is 0. The van der Waals surface area contributed by atoms with Gasteiger partial charge in [0, 0.05) is 12.1 Å². The first-order valence-corrected chi connectivity index (χ1v) is 9.10. The molecule has 2 heteroatoms. The van der Waals surface area contributed by atoms with E-state index in [4.69, 9.17) is 0 Å². The molecule has 2 aliphatic carbocycles. The summed E-state index contributed by atoms with van der Waals surface area (Å²) in [6.45, 7) is 5.96. The van der Waals surface area contributed by atoms with Crippen molar-refractivity contribution in [1.29, 1.82) is 0 Å². The minimum Gasteiger partial charge on any atom is -0.391 e. The number of likely N-dealkylation sites (tertiary alicyclic amines) is 1. The maximum atomic E-state index is 10.5. The van der Waals surface area contributed by atoms with Crippen LogP contribution < -0.4 is 0 Å². The van der Waals surface area contributed by atoms with Gasteiger partial charge < -0.3 is 5.11 Å². The molecule has 0 aromatic rings. The van der Waals surface area contributed by atoms with Crippen LogP contribution in [0.25, 0.3) is 0 Å². The molecule has 116 valence electrons. The van der Waals surface area contributed by atoms with Crippen LogP contribution in [-0.4, -0.2) is 34.7 Å². The number of aliphatic hydroxyl groups excluding tert-OH is 1. The van der Waals surface area contributed by atoms with Crippen LogP contribution in [0, 0.1) is 17.8 Å². The predicted molar refractivity (Wildman–Crippen MR) is 83.7 cm³/mol. The maximum Gasteiger partial charge on any atom is 0.0695 e. The zero-order valence-electron chi connectivity index (χ0n) is 13.4. The zero-order valence-corrected chi connectivity index (χ0v) is 13.4. The second-order valence-electron chi connectivity index (χ2n) is 7.94. The summed E-state index contributed by atoms with van der Waals surface area (Å²) in [5, 5.41) is 10.5. The van der Waals surface area contributed by atoms with E-state index in [1.54, 1.807) is 0 Å². The molecule has 0 spiro atoms. The molecular weight excluding hydrogens is 246 g/mol. The second-order valence-corrected chi connectivity index (χ2v) is 7.94. The quantitative estimate of drug-likeness (QED) is 0.849. The van der Waals surface area contributed by atoms with E-state index in [9.17, 15) is 5.11 Å². The van der Waals surface area contributed by atoms with Gasteiger partial charge in [0.25, 0.3) is 0 Å². The molecule has 2 saturated carbocycles. The van der Waals surface area contributed by atoms with E-state index in [-0.39, 0.29) is 6.10 Å². The SMILES string of the molecule is CC(C)C1CCC(O)C(N2CCCC2C2CCCC2)C1. The number of hydrogen-bond donors (Lipinski definition) is 1. The predicted octanol–water partition coefficient (Wildman–Crippen LogP) is 3.83. The van der Waals surface area contributed by atoms with Gasteiger partial charge in [-0.3, -0.25) is 4.90 Å². The number of aliphatic hydroxyl groups is 1. The average molecular weight is 279 g/mol. The van der Waals surface area contributed by atoms with Crippen LogP contribution in [0.5, 0.6) is 0 Å². The smallest absolute Gasteiger partial charge is 0.0695 e. The van der Waals surface area contributed by atoms with Crippen molar-refractivity contribution in [3.8, 4) is 0 Å². The largest absolute Gasteiger partial charge is 0.391 e. The average Bonchev–Trinajstić information content (AvgIpc) is 3.09. The Bertz CT molecular complexity index is 311. The molecule has 0 amide bonds. The zero-order chi connectivity index (χ0) is 14.1. The van der Waals surface area contributed by atoms with Gasteiger partial charge in [0.1, 0.15) is 0 Å². The van der Waals surface area contributed by atoms with Crippen molar-refractivity contribution in [2.75, 3.05) is 6.54 Å². The van der Waals surface area contributed by atoms with E-state index >= 15 is 0 Å². The molecule has 0 radical (unpaired) electrons. The molecule has 0 aromatic carbocycles. The van der Waals surface area contributed by atoms with Gasteiger partial charge in [0.2, 0.25) is 0 Å². The van der Waals surface area contributed by atoms with Crippen LogP contribution in [0.15, 0.2) is 0 Å². The monoisotopic (exact) mass is 279 g/mol. The summed E-state index contributed by atoms with van der Waals surface area (Å²) < 4.78 is 0. The van der Waals surface area contributed by atoms with Crippen molar-refractivity contribution in [2.45, 2.75) is 89.8 Å². The lowest BCUT2D eigenvalue weighted by Crippen LogP contribution is -2.51. The minimum atomic E-state index is -0.0630. The molecule has 3 aliphatic rings. The molecule has 0 bridgehead atoms. The van der Waals surface area contributed by atoms with Crippen LogP contribution in [-0.2, 0) is 0 Å². The molecule has 1 saturated heterocycles. The van der Waals surface area contributed by atoms with Crippen LogP contribution >= 0.6 is 0 Å². The second kappa shape index (κ2) is 6.36. The first kappa shape index (κ1) is 14.8. The Morgan fingerprint density at radius 2 is 1.65 bits per heavy atom. The molecule has 4 atom stereocenters. The Balaban J connectivity index is 1.68. The van der Waals surface area contributed by atoms with Crippen LogP contribution in [0.4, 0.5) is 0 Å². The molecule has 20 heavy (non-hydrogen) atoms. The third-order valence-electron chi connectivity index (χ3n) is 6.48. The van der Waals surface area contributed by atoms with E-state index in [0.29, 0.717) is 6.04 Å². The highest BCUT2D eigenvalue weighted by atomic mass is 16.3. The Hall–Kier alpha value is -0.0800. The van der Waals surface area contributed by atoms with Gasteiger partial charge in [-0.05, 0) is 69.2 Å². The Morgan fingerprint density at radius 3 is 2.35 bits per heavy atom. The molecule has 1 aliphatic heterocycles. The lowest BCUT2D eigenvalue weighted by molar-refractivity contribution is -0.0188.